The second-order valence-electron chi connectivity index (χ2n) is 9.19. The number of methoxy groups -OCH3 is 1. The molecule has 0 radical (unpaired) electrons. The van der Waals surface area contributed by atoms with E-state index >= 15 is 0 Å². The van der Waals surface area contributed by atoms with E-state index in [2.05, 4.69) is 17.9 Å². The molecule has 10 heteroatoms. The lowest BCUT2D eigenvalue weighted by atomic mass is 10.0. The number of rotatable bonds is 9. The van der Waals surface area contributed by atoms with Crippen molar-refractivity contribution in [2.45, 2.75) is 39.7 Å². The quantitative estimate of drug-likeness (QED) is 0.339. The van der Waals surface area contributed by atoms with Crippen LogP contribution in [0.3, 0.4) is 0 Å². The van der Waals surface area contributed by atoms with Crippen molar-refractivity contribution in [2.24, 2.45) is 0 Å². The minimum Gasteiger partial charge on any atom is -0.497 e. The van der Waals surface area contributed by atoms with Crippen LogP contribution in [-0.4, -0.2) is 59.7 Å². The van der Waals surface area contributed by atoms with Gasteiger partial charge in [0.25, 0.3) is 11.5 Å². The number of nitriles is 1. The number of aromatic nitrogens is 1. The molecular formula is C28H32N4O4S2. The van der Waals surface area contributed by atoms with Gasteiger partial charge in [-0.05, 0) is 49.1 Å². The summed E-state index contributed by atoms with van der Waals surface area (Å²) in [6.07, 6.45) is 4.18. The van der Waals surface area contributed by atoms with Crippen molar-refractivity contribution in [3.63, 3.8) is 0 Å². The average Bonchev–Trinajstić information content (AvgIpc) is 3.20. The number of amides is 1. The molecular weight excluding hydrogens is 520 g/mol. The Morgan fingerprint density at radius 1 is 1.18 bits per heavy atom. The Labute approximate surface area is 232 Å². The number of anilines is 1. The highest BCUT2D eigenvalue weighted by Gasteiger charge is 2.33. The Kier molecular flexibility index (Phi) is 9.26. The lowest BCUT2D eigenvalue weighted by Crippen LogP contribution is -2.41. The van der Waals surface area contributed by atoms with Gasteiger partial charge in [-0.2, -0.15) is 5.26 Å². The van der Waals surface area contributed by atoms with E-state index in [9.17, 15) is 14.9 Å². The first-order valence-electron chi connectivity index (χ1n) is 12.8. The fraction of sp³-hybridized carbons (Fsp3) is 0.429. The standard InChI is InChI=1S/C28H32N4O4S2/c1-4-5-11-31-25(30-13-15-36-16-14-30)22(19(2)23(18-29)26(31)33)17-24-27(34)32(28(37)38-24)12-10-20-6-8-21(35-3)9-7-20/h6-9,17H,4-5,10-16H2,1-3H3/b24-17-. The zero-order valence-electron chi connectivity index (χ0n) is 22.0. The van der Waals surface area contributed by atoms with Crippen LogP contribution in [0.4, 0.5) is 5.82 Å². The Morgan fingerprint density at radius 2 is 1.89 bits per heavy atom. The van der Waals surface area contributed by atoms with Crippen LogP contribution >= 0.6 is 24.0 Å². The predicted octanol–water partition coefficient (Wildman–Crippen LogP) is 4.12. The molecule has 0 atom stereocenters. The number of carbonyl (C=O) groups is 1. The van der Waals surface area contributed by atoms with Crippen LogP contribution in [-0.2, 0) is 22.5 Å². The first-order valence-corrected chi connectivity index (χ1v) is 14.0. The number of nitrogens with zero attached hydrogens (tertiary/aromatic N) is 4. The second kappa shape index (κ2) is 12.6. The Hall–Kier alpha value is -3.13. The summed E-state index contributed by atoms with van der Waals surface area (Å²) in [5.74, 6) is 1.36. The number of benzene rings is 1. The molecule has 200 valence electrons. The number of hydrogen-bond donors (Lipinski definition) is 0. The van der Waals surface area contributed by atoms with Crippen LogP contribution < -0.4 is 15.2 Å². The lowest BCUT2D eigenvalue weighted by Gasteiger charge is -2.33. The van der Waals surface area contributed by atoms with Crippen LogP contribution in [0, 0.1) is 18.3 Å². The predicted molar refractivity (Wildman–Crippen MR) is 155 cm³/mol. The highest BCUT2D eigenvalue weighted by atomic mass is 32.2. The topological polar surface area (TPSA) is 87.8 Å². The molecule has 0 unspecified atom stereocenters. The van der Waals surface area contributed by atoms with Gasteiger partial charge in [0.15, 0.2) is 0 Å². The molecule has 1 aromatic carbocycles. The van der Waals surface area contributed by atoms with Gasteiger partial charge in [-0.25, -0.2) is 0 Å². The lowest BCUT2D eigenvalue weighted by molar-refractivity contribution is -0.122. The smallest absolute Gasteiger partial charge is 0.270 e. The van der Waals surface area contributed by atoms with Gasteiger partial charge in [0.05, 0.1) is 25.2 Å². The highest BCUT2D eigenvalue weighted by molar-refractivity contribution is 8.26. The number of thioether (sulfide) groups is 1. The van der Waals surface area contributed by atoms with Gasteiger partial charge in [0.1, 0.15) is 27.5 Å². The zero-order valence-corrected chi connectivity index (χ0v) is 23.6. The number of ether oxygens (including phenoxy) is 2. The molecule has 2 aromatic rings. The normalized spacial score (nSPS) is 16.8. The number of thiocarbonyl (C=S) groups is 1. The molecule has 8 nitrogen and oxygen atoms in total. The van der Waals surface area contributed by atoms with Crippen molar-refractivity contribution in [1.29, 1.82) is 5.26 Å². The molecule has 3 heterocycles. The van der Waals surface area contributed by atoms with Crippen LogP contribution in [0.25, 0.3) is 6.08 Å². The van der Waals surface area contributed by atoms with E-state index < -0.39 is 0 Å². The van der Waals surface area contributed by atoms with Crippen molar-refractivity contribution in [3.05, 3.63) is 61.8 Å². The fourth-order valence-electron chi connectivity index (χ4n) is 4.64. The maximum Gasteiger partial charge on any atom is 0.270 e. The molecule has 38 heavy (non-hydrogen) atoms. The van der Waals surface area contributed by atoms with Gasteiger partial charge >= 0.3 is 0 Å². The first kappa shape index (κ1) is 27.9. The molecule has 2 aliphatic rings. The van der Waals surface area contributed by atoms with E-state index in [1.165, 1.54) is 11.8 Å². The summed E-state index contributed by atoms with van der Waals surface area (Å²) in [7, 11) is 1.63. The molecule has 1 aromatic heterocycles. The van der Waals surface area contributed by atoms with Crippen LogP contribution in [0.5, 0.6) is 5.75 Å². The van der Waals surface area contributed by atoms with E-state index in [0.717, 1.165) is 35.5 Å². The molecule has 2 aliphatic heterocycles. The Bertz CT molecular complexity index is 1340. The van der Waals surface area contributed by atoms with Gasteiger partial charge in [0.2, 0.25) is 0 Å². The van der Waals surface area contributed by atoms with E-state index in [1.54, 1.807) is 23.5 Å². The molecule has 0 spiro atoms. The molecule has 0 aliphatic carbocycles. The second-order valence-corrected chi connectivity index (χ2v) is 10.9. The van der Waals surface area contributed by atoms with Crippen molar-refractivity contribution in [3.8, 4) is 11.8 Å². The fourth-order valence-corrected chi connectivity index (χ4v) is 5.93. The van der Waals surface area contributed by atoms with E-state index in [0.29, 0.717) is 60.6 Å². The van der Waals surface area contributed by atoms with Crippen LogP contribution in [0.1, 0.15) is 42.0 Å². The molecule has 2 saturated heterocycles. The molecule has 4 rings (SSSR count). The largest absolute Gasteiger partial charge is 0.497 e. The number of pyridine rings is 1. The zero-order chi connectivity index (χ0) is 27.2. The first-order chi connectivity index (χ1) is 18.4. The number of unbranched alkanes of at least 4 members (excludes halogenated alkanes) is 1. The van der Waals surface area contributed by atoms with Crippen molar-refractivity contribution >= 4 is 46.1 Å². The summed E-state index contributed by atoms with van der Waals surface area (Å²) in [4.78, 5) is 31.1. The van der Waals surface area contributed by atoms with E-state index in [-0.39, 0.29) is 17.0 Å². The summed E-state index contributed by atoms with van der Waals surface area (Å²) < 4.78 is 13.0. The molecule has 0 bridgehead atoms. The van der Waals surface area contributed by atoms with Crippen molar-refractivity contribution in [2.75, 3.05) is 44.9 Å². The number of hydrogen-bond acceptors (Lipinski definition) is 8. The van der Waals surface area contributed by atoms with Gasteiger partial charge in [-0.3, -0.25) is 19.1 Å². The maximum absolute atomic E-state index is 13.5. The minimum absolute atomic E-state index is 0.111. The summed E-state index contributed by atoms with van der Waals surface area (Å²) in [6, 6.07) is 9.86. The van der Waals surface area contributed by atoms with Crippen LogP contribution in [0.2, 0.25) is 0 Å². The highest BCUT2D eigenvalue weighted by Crippen LogP contribution is 2.36. The van der Waals surface area contributed by atoms with Gasteiger partial charge < -0.3 is 14.4 Å². The Balaban J connectivity index is 1.71. The average molecular weight is 553 g/mol. The third-order valence-corrected chi connectivity index (χ3v) is 8.20. The third kappa shape index (κ3) is 5.80. The van der Waals surface area contributed by atoms with Crippen molar-refractivity contribution < 1.29 is 14.3 Å². The van der Waals surface area contributed by atoms with E-state index in [4.69, 9.17) is 21.7 Å². The van der Waals surface area contributed by atoms with E-state index in [1.807, 2.05) is 30.3 Å². The molecule has 2 fully saturated rings. The molecule has 0 N–H and O–H groups in total. The van der Waals surface area contributed by atoms with Crippen LogP contribution in [0.15, 0.2) is 34.0 Å². The van der Waals surface area contributed by atoms with Gasteiger partial charge in [-0.15, -0.1) is 0 Å². The third-order valence-electron chi connectivity index (χ3n) is 6.82. The number of carbonyl (C=O) groups excluding carboxylic acids is 1. The molecule has 0 saturated carbocycles. The maximum atomic E-state index is 13.5. The summed E-state index contributed by atoms with van der Waals surface area (Å²) >= 11 is 6.84. The Morgan fingerprint density at radius 3 is 2.53 bits per heavy atom. The minimum atomic E-state index is -0.288. The van der Waals surface area contributed by atoms with Gasteiger partial charge in [0, 0.05) is 31.7 Å². The number of morpholine rings is 1. The molecule has 1 amide bonds. The van der Waals surface area contributed by atoms with Gasteiger partial charge in [-0.1, -0.05) is 49.5 Å². The monoisotopic (exact) mass is 552 g/mol. The summed E-state index contributed by atoms with van der Waals surface area (Å²) in [5.41, 5.74) is 2.20. The van der Waals surface area contributed by atoms with Crippen molar-refractivity contribution in [1.82, 2.24) is 9.47 Å². The summed E-state index contributed by atoms with van der Waals surface area (Å²) in [5, 5.41) is 9.86. The summed E-state index contributed by atoms with van der Waals surface area (Å²) in [6.45, 7) is 7.16. The SMILES string of the molecule is CCCCn1c(N2CCOCC2)c(/C=C2\SC(=S)N(CCc3ccc(OC)cc3)C2=O)c(C)c(C#N)c1=O.